The van der Waals surface area contributed by atoms with Crippen molar-refractivity contribution >= 4 is 55.1 Å². The van der Waals surface area contributed by atoms with Crippen LogP contribution >= 0.6 is 27.5 Å². The Morgan fingerprint density at radius 3 is 2.29 bits per heavy atom. The van der Waals surface area contributed by atoms with Crippen molar-refractivity contribution in [3.8, 4) is 5.75 Å². The number of carbonyl (C=O) groups excluding carboxylic acids is 2. The Hall–Kier alpha value is -3.08. The Balaban J connectivity index is 2.05. The van der Waals surface area contributed by atoms with E-state index in [1.54, 1.807) is 25.1 Å². The van der Waals surface area contributed by atoms with Gasteiger partial charge in [0.15, 0.2) is 0 Å². The molecule has 11 heteroatoms. The molecule has 3 aromatic carbocycles. The summed E-state index contributed by atoms with van der Waals surface area (Å²) in [7, 11) is -2.75. The van der Waals surface area contributed by atoms with Gasteiger partial charge in [0.2, 0.25) is 11.8 Å². The van der Waals surface area contributed by atoms with Gasteiger partial charge in [-0.25, -0.2) is 8.42 Å². The number of ether oxygens (including phenoxy) is 1. The number of anilines is 1. The zero-order valence-electron chi connectivity index (χ0n) is 23.7. The van der Waals surface area contributed by atoms with Crippen LogP contribution < -0.4 is 14.4 Å². The summed E-state index contributed by atoms with van der Waals surface area (Å²) in [6, 6.07) is 17.4. The first-order valence-corrected chi connectivity index (χ1v) is 15.7. The number of aryl methyl sites for hydroxylation is 1. The van der Waals surface area contributed by atoms with Crippen molar-refractivity contribution < 1.29 is 22.7 Å². The number of methoxy groups -OCH3 is 1. The monoisotopic (exact) mass is 663 g/mol. The summed E-state index contributed by atoms with van der Waals surface area (Å²) in [5.74, 6) is -0.307. The molecule has 0 aliphatic heterocycles. The van der Waals surface area contributed by atoms with Crippen LogP contribution in [0.4, 0.5) is 5.69 Å². The molecule has 0 aliphatic rings. The van der Waals surface area contributed by atoms with E-state index in [0.717, 1.165) is 19.9 Å². The summed E-state index contributed by atoms with van der Waals surface area (Å²) < 4.78 is 35.0. The summed E-state index contributed by atoms with van der Waals surface area (Å²) in [5, 5.41) is 3.06. The van der Waals surface area contributed by atoms with Crippen LogP contribution in [0.1, 0.15) is 31.9 Å². The molecule has 3 rings (SSSR count). The number of rotatable bonds is 12. The van der Waals surface area contributed by atoms with Gasteiger partial charge in [-0.1, -0.05) is 71.2 Å². The molecule has 0 aromatic heterocycles. The largest absolute Gasteiger partial charge is 0.495 e. The van der Waals surface area contributed by atoms with Crippen molar-refractivity contribution in [2.45, 2.75) is 45.2 Å². The van der Waals surface area contributed by atoms with Crippen LogP contribution in [-0.4, -0.2) is 51.4 Å². The first-order chi connectivity index (χ1) is 19.3. The zero-order chi connectivity index (χ0) is 30.3. The second-order valence-electron chi connectivity index (χ2n) is 10.1. The molecule has 0 radical (unpaired) electrons. The molecule has 41 heavy (non-hydrogen) atoms. The maximum Gasteiger partial charge on any atom is 0.264 e. The van der Waals surface area contributed by atoms with Gasteiger partial charge in [0.05, 0.1) is 22.7 Å². The van der Waals surface area contributed by atoms with Crippen molar-refractivity contribution in [1.82, 2.24) is 10.2 Å². The minimum Gasteiger partial charge on any atom is -0.495 e. The third kappa shape index (κ3) is 8.47. The maximum absolute atomic E-state index is 14.0. The highest BCUT2D eigenvalue weighted by Crippen LogP contribution is 2.32. The number of amides is 2. The summed E-state index contributed by atoms with van der Waals surface area (Å²) in [4.78, 5) is 28.5. The topological polar surface area (TPSA) is 96.0 Å². The summed E-state index contributed by atoms with van der Waals surface area (Å²) in [6.45, 7) is 7.42. The molecule has 3 aromatic rings. The second-order valence-corrected chi connectivity index (χ2v) is 13.3. The van der Waals surface area contributed by atoms with Crippen LogP contribution in [0.25, 0.3) is 0 Å². The van der Waals surface area contributed by atoms with Crippen LogP contribution in [0.2, 0.25) is 5.02 Å². The van der Waals surface area contributed by atoms with Gasteiger partial charge in [-0.05, 0) is 67.8 Å². The molecule has 0 fully saturated rings. The van der Waals surface area contributed by atoms with Crippen LogP contribution in [-0.2, 0) is 26.2 Å². The number of hydrogen-bond acceptors (Lipinski definition) is 5. The number of carbonyl (C=O) groups is 2. The smallest absolute Gasteiger partial charge is 0.264 e. The van der Waals surface area contributed by atoms with E-state index in [1.807, 2.05) is 45.0 Å². The van der Waals surface area contributed by atoms with Crippen LogP contribution in [0.3, 0.4) is 0 Å². The highest BCUT2D eigenvalue weighted by atomic mass is 79.9. The molecule has 0 aliphatic carbocycles. The molecule has 0 bridgehead atoms. The van der Waals surface area contributed by atoms with Gasteiger partial charge in [0.25, 0.3) is 10.0 Å². The molecule has 0 saturated heterocycles. The minimum atomic E-state index is -4.20. The zero-order valence-corrected chi connectivity index (χ0v) is 26.9. The number of hydrogen-bond donors (Lipinski definition) is 1. The van der Waals surface area contributed by atoms with Crippen molar-refractivity contribution in [2.24, 2.45) is 5.92 Å². The molecule has 0 spiro atoms. The lowest BCUT2D eigenvalue weighted by molar-refractivity contribution is -0.139. The lowest BCUT2D eigenvalue weighted by Crippen LogP contribution is -2.51. The lowest BCUT2D eigenvalue weighted by atomic mass is 10.1. The Morgan fingerprint density at radius 1 is 1.02 bits per heavy atom. The predicted molar refractivity (Wildman–Crippen MR) is 166 cm³/mol. The van der Waals surface area contributed by atoms with Gasteiger partial charge < -0.3 is 15.0 Å². The molecule has 220 valence electrons. The number of nitrogens with zero attached hydrogens (tertiary/aromatic N) is 2. The lowest BCUT2D eigenvalue weighted by Gasteiger charge is -2.32. The Kier molecular flexibility index (Phi) is 11.2. The van der Waals surface area contributed by atoms with Gasteiger partial charge in [-0.3, -0.25) is 13.9 Å². The van der Waals surface area contributed by atoms with Crippen molar-refractivity contribution in [1.29, 1.82) is 0 Å². The number of halogens is 2. The highest BCUT2D eigenvalue weighted by molar-refractivity contribution is 9.10. The normalized spacial score (nSPS) is 12.1. The number of nitrogens with one attached hydrogen (secondary N) is 1. The highest BCUT2D eigenvalue weighted by Gasteiger charge is 2.33. The van der Waals surface area contributed by atoms with Crippen molar-refractivity contribution in [3.05, 3.63) is 87.4 Å². The Bertz CT molecular complexity index is 1480. The van der Waals surface area contributed by atoms with E-state index in [9.17, 15) is 18.0 Å². The SMILES string of the molecule is COc1ccc(N(CC(=O)N(Cc2cccc(Br)c2)[C@@H](C)C(=O)NCC(C)C)S(=O)(=O)c2ccc(C)cc2)cc1Cl. The second kappa shape index (κ2) is 14.2. The summed E-state index contributed by atoms with van der Waals surface area (Å²) in [6.07, 6.45) is 0. The van der Waals surface area contributed by atoms with E-state index >= 15 is 0 Å². The molecule has 0 saturated carbocycles. The van der Waals surface area contributed by atoms with E-state index in [-0.39, 0.29) is 34.0 Å². The minimum absolute atomic E-state index is 0.0177. The molecule has 1 N–H and O–H groups in total. The molecule has 1 atom stereocenters. The average Bonchev–Trinajstić information content (AvgIpc) is 2.93. The molecular weight excluding hydrogens is 630 g/mol. The number of sulfonamides is 1. The Labute approximate surface area is 255 Å². The standard InChI is InChI=1S/C30H35BrClN3O5S/c1-20(2)17-33-30(37)22(4)34(18-23-7-6-8-24(31)15-23)29(36)19-35(25-11-14-28(40-5)27(32)16-25)41(38,39)26-12-9-21(3)10-13-26/h6-16,20,22H,17-19H2,1-5H3,(H,33,37)/t22-/m0/s1. The predicted octanol–water partition coefficient (Wildman–Crippen LogP) is 5.80. The van der Waals surface area contributed by atoms with Gasteiger partial charge in [-0.2, -0.15) is 0 Å². The van der Waals surface area contributed by atoms with E-state index < -0.39 is 28.5 Å². The van der Waals surface area contributed by atoms with Gasteiger partial charge in [-0.15, -0.1) is 0 Å². The Morgan fingerprint density at radius 2 is 1.71 bits per heavy atom. The fourth-order valence-corrected chi connectivity index (χ4v) is 6.15. The van der Waals surface area contributed by atoms with Gasteiger partial charge in [0, 0.05) is 17.6 Å². The number of benzene rings is 3. The molecule has 0 unspecified atom stereocenters. The first kappa shape index (κ1) is 32.4. The third-order valence-electron chi connectivity index (χ3n) is 6.40. The van der Waals surface area contributed by atoms with Gasteiger partial charge >= 0.3 is 0 Å². The fraction of sp³-hybridized carbons (Fsp3) is 0.333. The van der Waals surface area contributed by atoms with E-state index in [4.69, 9.17) is 16.3 Å². The molecule has 8 nitrogen and oxygen atoms in total. The quantitative estimate of drug-likeness (QED) is 0.264. The summed E-state index contributed by atoms with van der Waals surface area (Å²) in [5.41, 5.74) is 1.85. The summed E-state index contributed by atoms with van der Waals surface area (Å²) >= 11 is 9.81. The van der Waals surface area contributed by atoms with E-state index in [1.165, 1.54) is 36.3 Å². The molecule has 2 amide bonds. The van der Waals surface area contributed by atoms with Gasteiger partial charge in [0.1, 0.15) is 18.3 Å². The van der Waals surface area contributed by atoms with Crippen LogP contribution in [0.5, 0.6) is 5.75 Å². The van der Waals surface area contributed by atoms with Crippen molar-refractivity contribution in [2.75, 3.05) is 24.5 Å². The van der Waals surface area contributed by atoms with Crippen molar-refractivity contribution in [3.63, 3.8) is 0 Å². The maximum atomic E-state index is 14.0. The van der Waals surface area contributed by atoms with Crippen LogP contribution in [0, 0.1) is 12.8 Å². The third-order valence-corrected chi connectivity index (χ3v) is 8.98. The van der Waals surface area contributed by atoms with Crippen LogP contribution in [0.15, 0.2) is 76.1 Å². The fourth-order valence-electron chi connectivity index (χ4n) is 4.04. The first-order valence-electron chi connectivity index (χ1n) is 13.1. The van der Waals surface area contributed by atoms with E-state index in [2.05, 4.69) is 21.2 Å². The van der Waals surface area contributed by atoms with E-state index in [0.29, 0.717) is 12.3 Å². The average molecular weight is 665 g/mol. The molecular formula is C30H35BrClN3O5S. The molecule has 0 heterocycles.